The third-order valence-electron chi connectivity index (χ3n) is 4.75. The molecule has 0 amide bonds. The van der Waals surface area contributed by atoms with Gasteiger partial charge in [0.1, 0.15) is 5.78 Å². The number of Topliss-reactive ketones (excluding diaryl/α,β-unsaturated/α-hetero) is 1. The zero-order valence-corrected chi connectivity index (χ0v) is 12.2. The van der Waals surface area contributed by atoms with Crippen molar-refractivity contribution in [2.45, 2.75) is 53.4 Å². The SMILES string of the molecule is CC1=CCC(C)CC1C(=O)C1CC(C)CC=C1C. The maximum atomic E-state index is 12.8. The van der Waals surface area contributed by atoms with Crippen molar-refractivity contribution in [3.63, 3.8) is 0 Å². The van der Waals surface area contributed by atoms with Crippen molar-refractivity contribution in [1.82, 2.24) is 0 Å². The summed E-state index contributed by atoms with van der Waals surface area (Å²) in [5, 5.41) is 0. The Hall–Kier alpha value is -0.850. The van der Waals surface area contributed by atoms with E-state index in [0.29, 0.717) is 17.6 Å². The first-order chi connectivity index (χ1) is 8.49. The molecule has 18 heavy (non-hydrogen) atoms. The molecule has 0 aliphatic heterocycles. The van der Waals surface area contributed by atoms with Crippen molar-refractivity contribution in [1.29, 1.82) is 0 Å². The molecule has 0 saturated carbocycles. The van der Waals surface area contributed by atoms with Gasteiger partial charge in [0.2, 0.25) is 0 Å². The van der Waals surface area contributed by atoms with Gasteiger partial charge in [0.15, 0.2) is 0 Å². The lowest BCUT2D eigenvalue weighted by Gasteiger charge is -2.32. The van der Waals surface area contributed by atoms with Crippen LogP contribution >= 0.6 is 0 Å². The number of allylic oxidation sites excluding steroid dienone is 4. The van der Waals surface area contributed by atoms with Gasteiger partial charge >= 0.3 is 0 Å². The molecule has 4 atom stereocenters. The van der Waals surface area contributed by atoms with Crippen LogP contribution in [0.15, 0.2) is 23.3 Å². The summed E-state index contributed by atoms with van der Waals surface area (Å²) in [7, 11) is 0. The van der Waals surface area contributed by atoms with Gasteiger partial charge in [-0.3, -0.25) is 4.79 Å². The van der Waals surface area contributed by atoms with Crippen LogP contribution in [0.5, 0.6) is 0 Å². The molecular formula is C17H26O. The Kier molecular flexibility index (Phi) is 4.09. The highest BCUT2D eigenvalue weighted by atomic mass is 16.1. The molecule has 100 valence electrons. The van der Waals surface area contributed by atoms with Crippen LogP contribution in [0.2, 0.25) is 0 Å². The average molecular weight is 246 g/mol. The molecule has 2 rings (SSSR count). The van der Waals surface area contributed by atoms with E-state index in [1.54, 1.807) is 0 Å². The molecular weight excluding hydrogens is 220 g/mol. The highest BCUT2D eigenvalue weighted by Crippen LogP contribution is 2.37. The third-order valence-corrected chi connectivity index (χ3v) is 4.75. The minimum Gasteiger partial charge on any atom is -0.298 e. The van der Waals surface area contributed by atoms with Crippen molar-refractivity contribution >= 4 is 5.78 Å². The first kappa shape index (κ1) is 13.6. The predicted molar refractivity (Wildman–Crippen MR) is 76.3 cm³/mol. The summed E-state index contributed by atoms with van der Waals surface area (Å²) in [5.41, 5.74) is 2.62. The molecule has 1 nitrogen and oxygen atoms in total. The predicted octanol–water partition coefficient (Wildman–Crippen LogP) is 4.54. The zero-order valence-electron chi connectivity index (χ0n) is 12.2. The van der Waals surface area contributed by atoms with Crippen LogP contribution in [-0.2, 0) is 4.79 Å². The molecule has 1 heteroatoms. The molecule has 0 aromatic heterocycles. The van der Waals surface area contributed by atoms with E-state index in [9.17, 15) is 4.79 Å². The minimum absolute atomic E-state index is 0.187. The molecule has 0 aromatic carbocycles. The van der Waals surface area contributed by atoms with Crippen molar-refractivity contribution < 1.29 is 4.79 Å². The number of ketones is 1. The van der Waals surface area contributed by atoms with E-state index in [1.165, 1.54) is 11.1 Å². The van der Waals surface area contributed by atoms with Crippen LogP contribution in [0.3, 0.4) is 0 Å². The number of carbonyl (C=O) groups excluding carboxylic acids is 1. The average Bonchev–Trinajstić information content (AvgIpc) is 2.34. The number of hydrogen-bond acceptors (Lipinski definition) is 1. The molecule has 0 bridgehead atoms. The Morgan fingerprint density at radius 1 is 0.944 bits per heavy atom. The van der Waals surface area contributed by atoms with Crippen LogP contribution in [0.4, 0.5) is 0 Å². The second-order valence-corrected chi connectivity index (χ2v) is 6.56. The Balaban J connectivity index is 2.16. The summed E-state index contributed by atoms with van der Waals surface area (Å²) in [5.74, 6) is 2.18. The first-order valence-electron chi connectivity index (χ1n) is 7.36. The van der Waals surface area contributed by atoms with Gasteiger partial charge in [0.05, 0.1) is 0 Å². The lowest BCUT2D eigenvalue weighted by atomic mass is 9.71. The third kappa shape index (κ3) is 2.76. The molecule has 0 N–H and O–H groups in total. The molecule has 0 heterocycles. The van der Waals surface area contributed by atoms with Crippen LogP contribution in [-0.4, -0.2) is 5.78 Å². The second-order valence-electron chi connectivity index (χ2n) is 6.56. The zero-order chi connectivity index (χ0) is 13.3. The number of hydrogen-bond donors (Lipinski definition) is 0. The van der Waals surface area contributed by atoms with Gasteiger partial charge in [-0.05, 0) is 51.4 Å². The van der Waals surface area contributed by atoms with Crippen LogP contribution in [0, 0.1) is 23.7 Å². The van der Waals surface area contributed by atoms with E-state index in [1.807, 2.05) is 0 Å². The van der Waals surface area contributed by atoms with Crippen LogP contribution in [0.1, 0.15) is 53.4 Å². The van der Waals surface area contributed by atoms with Crippen molar-refractivity contribution in [3.05, 3.63) is 23.3 Å². The van der Waals surface area contributed by atoms with E-state index >= 15 is 0 Å². The summed E-state index contributed by atoms with van der Waals surface area (Å²) >= 11 is 0. The first-order valence-corrected chi connectivity index (χ1v) is 7.36. The topological polar surface area (TPSA) is 17.1 Å². The Morgan fingerprint density at radius 2 is 1.33 bits per heavy atom. The summed E-state index contributed by atoms with van der Waals surface area (Å²) in [6.45, 7) is 8.80. The monoisotopic (exact) mass is 246 g/mol. The van der Waals surface area contributed by atoms with E-state index in [-0.39, 0.29) is 11.8 Å². The van der Waals surface area contributed by atoms with E-state index in [2.05, 4.69) is 39.8 Å². The Morgan fingerprint density at radius 3 is 1.72 bits per heavy atom. The molecule has 0 radical (unpaired) electrons. The molecule has 0 saturated heterocycles. The summed E-state index contributed by atoms with van der Waals surface area (Å²) in [6.07, 6.45) is 8.96. The van der Waals surface area contributed by atoms with E-state index < -0.39 is 0 Å². The molecule has 2 aliphatic carbocycles. The molecule has 2 aliphatic rings. The normalized spacial score (nSPS) is 36.9. The quantitative estimate of drug-likeness (QED) is 0.654. The second kappa shape index (κ2) is 5.42. The lowest BCUT2D eigenvalue weighted by molar-refractivity contribution is -0.125. The van der Waals surface area contributed by atoms with Gasteiger partial charge in [-0.1, -0.05) is 37.1 Å². The van der Waals surface area contributed by atoms with Crippen molar-refractivity contribution in [2.24, 2.45) is 23.7 Å². The standard InChI is InChI=1S/C17H26O/c1-11-5-7-13(3)15(9-11)17(18)16-10-12(2)6-8-14(16)4/h7-8,11-12,15-16H,5-6,9-10H2,1-4H3. The summed E-state index contributed by atoms with van der Waals surface area (Å²) in [6, 6.07) is 0. The van der Waals surface area contributed by atoms with Gasteiger partial charge in [-0.25, -0.2) is 0 Å². The van der Waals surface area contributed by atoms with Gasteiger partial charge in [0, 0.05) is 11.8 Å². The molecule has 0 spiro atoms. The minimum atomic E-state index is 0.187. The fourth-order valence-electron chi connectivity index (χ4n) is 3.35. The van der Waals surface area contributed by atoms with Crippen molar-refractivity contribution in [2.75, 3.05) is 0 Å². The van der Waals surface area contributed by atoms with Gasteiger partial charge < -0.3 is 0 Å². The summed E-state index contributed by atoms with van der Waals surface area (Å²) < 4.78 is 0. The van der Waals surface area contributed by atoms with E-state index in [0.717, 1.165) is 25.7 Å². The maximum absolute atomic E-state index is 12.8. The fraction of sp³-hybridized carbons (Fsp3) is 0.706. The van der Waals surface area contributed by atoms with Crippen LogP contribution < -0.4 is 0 Å². The largest absolute Gasteiger partial charge is 0.298 e. The highest BCUT2D eigenvalue weighted by Gasteiger charge is 2.33. The smallest absolute Gasteiger partial charge is 0.147 e. The van der Waals surface area contributed by atoms with Gasteiger partial charge in [-0.15, -0.1) is 0 Å². The number of carbonyl (C=O) groups is 1. The highest BCUT2D eigenvalue weighted by molar-refractivity contribution is 5.88. The van der Waals surface area contributed by atoms with Crippen LogP contribution in [0.25, 0.3) is 0 Å². The molecule has 4 unspecified atom stereocenters. The molecule has 0 aromatic rings. The lowest BCUT2D eigenvalue weighted by Crippen LogP contribution is -2.31. The van der Waals surface area contributed by atoms with Gasteiger partial charge in [-0.2, -0.15) is 0 Å². The molecule has 0 fully saturated rings. The summed E-state index contributed by atoms with van der Waals surface area (Å²) in [4.78, 5) is 12.8. The Labute approximate surface area is 111 Å². The Bertz CT molecular complexity index is 352. The fourth-order valence-corrected chi connectivity index (χ4v) is 3.35. The maximum Gasteiger partial charge on any atom is 0.147 e. The number of rotatable bonds is 2. The van der Waals surface area contributed by atoms with Gasteiger partial charge in [0.25, 0.3) is 0 Å². The van der Waals surface area contributed by atoms with E-state index in [4.69, 9.17) is 0 Å². The van der Waals surface area contributed by atoms with Crippen molar-refractivity contribution in [3.8, 4) is 0 Å².